The van der Waals surface area contributed by atoms with Gasteiger partial charge in [-0.05, 0) is 56.7 Å². The Hall–Kier alpha value is -2.61. The molecule has 0 spiro atoms. The highest BCUT2D eigenvalue weighted by molar-refractivity contribution is 6.33. The Labute approximate surface area is 195 Å². The standard InChI is InChI=1S/C23H23Cl2N3O4/c1-12(2)31-20-7-5-15(9-19(20)25)21-26-22(32-27-21)16-6-4-14(8-18(16)24)10-28-11-17(13(28)3)23(29)30/h4-9,12-13,17H,10-11H2,1-3H3,(H,29,30). The monoisotopic (exact) mass is 475 g/mol. The summed E-state index contributed by atoms with van der Waals surface area (Å²) in [5.41, 5.74) is 2.32. The van der Waals surface area contributed by atoms with Gasteiger partial charge < -0.3 is 14.4 Å². The Bertz CT molecular complexity index is 1150. The van der Waals surface area contributed by atoms with Crippen molar-refractivity contribution in [1.29, 1.82) is 0 Å². The summed E-state index contributed by atoms with van der Waals surface area (Å²) in [4.78, 5) is 17.7. The molecule has 3 aromatic rings. The van der Waals surface area contributed by atoms with Crippen molar-refractivity contribution in [3.8, 4) is 28.6 Å². The fourth-order valence-corrected chi connectivity index (χ4v) is 4.19. The van der Waals surface area contributed by atoms with Gasteiger partial charge in [0.15, 0.2) is 0 Å². The van der Waals surface area contributed by atoms with Crippen LogP contribution < -0.4 is 4.74 Å². The molecule has 7 nitrogen and oxygen atoms in total. The van der Waals surface area contributed by atoms with Gasteiger partial charge in [0.05, 0.1) is 27.6 Å². The van der Waals surface area contributed by atoms with E-state index >= 15 is 0 Å². The smallest absolute Gasteiger partial charge is 0.309 e. The van der Waals surface area contributed by atoms with Crippen molar-refractivity contribution in [1.82, 2.24) is 15.0 Å². The number of likely N-dealkylation sites (tertiary alicyclic amines) is 1. The number of benzene rings is 2. The van der Waals surface area contributed by atoms with Gasteiger partial charge in [0, 0.05) is 24.7 Å². The number of aromatic nitrogens is 2. The summed E-state index contributed by atoms with van der Waals surface area (Å²) in [7, 11) is 0. The molecule has 0 radical (unpaired) electrons. The summed E-state index contributed by atoms with van der Waals surface area (Å²) in [6.45, 7) is 6.95. The maximum atomic E-state index is 11.1. The fraction of sp³-hybridized carbons (Fsp3) is 0.348. The highest BCUT2D eigenvalue weighted by Crippen LogP contribution is 2.34. The molecule has 4 rings (SSSR count). The summed E-state index contributed by atoms with van der Waals surface area (Å²) >= 11 is 12.8. The Morgan fingerprint density at radius 2 is 2.03 bits per heavy atom. The molecule has 32 heavy (non-hydrogen) atoms. The van der Waals surface area contributed by atoms with E-state index in [0.29, 0.717) is 51.7 Å². The van der Waals surface area contributed by atoms with Crippen molar-refractivity contribution in [2.45, 2.75) is 39.5 Å². The topological polar surface area (TPSA) is 88.7 Å². The van der Waals surface area contributed by atoms with Crippen LogP contribution in [0.2, 0.25) is 10.0 Å². The number of aliphatic carboxylic acids is 1. The maximum Gasteiger partial charge on any atom is 0.309 e. The zero-order valence-corrected chi connectivity index (χ0v) is 19.4. The first-order valence-corrected chi connectivity index (χ1v) is 11.0. The molecule has 1 aromatic heterocycles. The number of hydrogen-bond acceptors (Lipinski definition) is 6. The number of halogens is 2. The second-order valence-corrected chi connectivity index (χ2v) is 8.98. The Morgan fingerprint density at radius 3 is 2.66 bits per heavy atom. The number of hydrogen-bond donors (Lipinski definition) is 1. The molecule has 0 aliphatic carbocycles. The molecule has 1 fully saturated rings. The van der Waals surface area contributed by atoms with E-state index in [1.54, 1.807) is 12.1 Å². The van der Waals surface area contributed by atoms with Crippen LogP contribution in [0.4, 0.5) is 0 Å². The van der Waals surface area contributed by atoms with Gasteiger partial charge in [-0.15, -0.1) is 0 Å². The zero-order chi connectivity index (χ0) is 23.0. The van der Waals surface area contributed by atoms with Gasteiger partial charge in [0.25, 0.3) is 5.89 Å². The Balaban J connectivity index is 1.48. The zero-order valence-electron chi connectivity index (χ0n) is 17.9. The molecule has 2 unspecified atom stereocenters. The first-order chi connectivity index (χ1) is 15.2. The molecule has 2 atom stereocenters. The maximum absolute atomic E-state index is 11.1. The van der Waals surface area contributed by atoms with E-state index in [0.717, 1.165) is 5.56 Å². The fourth-order valence-electron chi connectivity index (χ4n) is 3.69. The number of carbonyl (C=O) groups is 1. The van der Waals surface area contributed by atoms with Gasteiger partial charge in [-0.1, -0.05) is 34.4 Å². The van der Waals surface area contributed by atoms with Gasteiger partial charge in [0.2, 0.25) is 5.82 Å². The molecule has 0 amide bonds. The van der Waals surface area contributed by atoms with E-state index < -0.39 is 5.97 Å². The third kappa shape index (κ3) is 4.60. The van der Waals surface area contributed by atoms with Gasteiger partial charge >= 0.3 is 5.97 Å². The number of rotatable bonds is 7. The van der Waals surface area contributed by atoms with E-state index in [1.165, 1.54) is 0 Å². The number of carboxylic acids is 1. The van der Waals surface area contributed by atoms with Crippen LogP contribution in [0.15, 0.2) is 40.9 Å². The first-order valence-electron chi connectivity index (χ1n) is 10.3. The molecule has 0 saturated carbocycles. The van der Waals surface area contributed by atoms with Gasteiger partial charge in [-0.3, -0.25) is 9.69 Å². The van der Waals surface area contributed by atoms with Gasteiger partial charge in [0.1, 0.15) is 5.75 Å². The third-order valence-corrected chi connectivity index (χ3v) is 6.14. The van der Waals surface area contributed by atoms with E-state index in [4.69, 9.17) is 37.6 Å². The normalized spacial score (nSPS) is 18.6. The summed E-state index contributed by atoms with van der Waals surface area (Å²) in [5, 5.41) is 14.2. The number of carboxylic acid groups (broad SMARTS) is 1. The molecule has 1 saturated heterocycles. The lowest BCUT2D eigenvalue weighted by molar-refractivity contribution is -0.152. The lowest BCUT2D eigenvalue weighted by Gasteiger charge is -2.44. The van der Waals surface area contributed by atoms with Crippen LogP contribution in [-0.4, -0.2) is 44.8 Å². The molecule has 1 aliphatic heterocycles. The second kappa shape index (κ2) is 9.10. The van der Waals surface area contributed by atoms with Crippen LogP contribution in [0.25, 0.3) is 22.8 Å². The quantitative estimate of drug-likeness (QED) is 0.488. The molecule has 2 heterocycles. The van der Waals surface area contributed by atoms with Crippen molar-refractivity contribution in [3.63, 3.8) is 0 Å². The third-order valence-electron chi connectivity index (χ3n) is 5.54. The van der Waals surface area contributed by atoms with E-state index in [-0.39, 0.29) is 18.1 Å². The summed E-state index contributed by atoms with van der Waals surface area (Å²) in [6, 6.07) is 10.9. The highest BCUT2D eigenvalue weighted by atomic mass is 35.5. The number of nitrogens with zero attached hydrogens (tertiary/aromatic N) is 3. The predicted octanol–water partition coefficient (Wildman–Crippen LogP) is 5.40. The van der Waals surface area contributed by atoms with Crippen molar-refractivity contribution in [3.05, 3.63) is 52.0 Å². The Kier molecular flexibility index (Phi) is 6.42. The van der Waals surface area contributed by atoms with Crippen molar-refractivity contribution < 1.29 is 19.2 Å². The molecule has 0 bridgehead atoms. The van der Waals surface area contributed by atoms with Crippen molar-refractivity contribution in [2.75, 3.05) is 6.54 Å². The Morgan fingerprint density at radius 1 is 1.25 bits per heavy atom. The minimum Gasteiger partial charge on any atom is -0.489 e. The minimum absolute atomic E-state index is 0.00592. The lowest BCUT2D eigenvalue weighted by Crippen LogP contribution is -2.56. The molecular formula is C23H23Cl2N3O4. The predicted molar refractivity (Wildman–Crippen MR) is 122 cm³/mol. The van der Waals surface area contributed by atoms with Gasteiger partial charge in [-0.2, -0.15) is 4.98 Å². The summed E-state index contributed by atoms with van der Waals surface area (Å²) in [6.07, 6.45) is 0.0168. The average Bonchev–Trinajstić information content (AvgIpc) is 3.21. The van der Waals surface area contributed by atoms with Crippen molar-refractivity contribution >= 4 is 29.2 Å². The van der Waals surface area contributed by atoms with Crippen LogP contribution in [0.3, 0.4) is 0 Å². The molecule has 1 aliphatic rings. The lowest BCUT2D eigenvalue weighted by atomic mass is 9.89. The molecular weight excluding hydrogens is 453 g/mol. The molecule has 1 N–H and O–H groups in total. The van der Waals surface area contributed by atoms with Crippen LogP contribution in [0.5, 0.6) is 5.75 Å². The first kappa shape index (κ1) is 22.6. The van der Waals surface area contributed by atoms with E-state index in [2.05, 4.69) is 15.0 Å². The van der Waals surface area contributed by atoms with Crippen molar-refractivity contribution in [2.24, 2.45) is 5.92 Å². The molecule has 2 aromatic carbocycles. The molecule has 168 valence electrons. The largest absolute Gasteiger partial charge is 0.489 e. The van der Waals surface area contributed by atoms with Crippen LogP contribution in [0, 0.1) is 5.92 Å². The van der Waals surface area contributed by atoms with Crippen LogP contribution in [0.1, 0.15) is 26.3 Å². The van der Waals surface area contributed by atoms with Crippen LogP contribution in [-0.2, 0) is 11.3 Å². The highest BCUT2D eigenvalue weighted by Gasteiger charge is 2.40. The van der Waals surface area contributed by atoms with Gasteiger partial charge in [-0.25, -0.2) is 0 Å². The van der Waals surface area contributed by atoms with E-state index in [1.807, 2.05) is 45.0 Å². The summed E-state index contributed by atoms with van der Waals surface area (Å²) in [5.74, 6) is 0.225. The number of ether oxygens (including phenoxy) is 1. The summed E-state index contributed by atoms with van der Waals surface area (Å²) < 4.78 is 11.1. The van der Waals surface area contributed by atoms with Crippen LogP contribution >= 0.6 is 23.2 Å². The minimum atomic E-state index is -0.752. The van der Waals surface area contributed by atoms with E-state index in [9.17, 15) is 4.79 Å². The molecule has 9 heteroatoms. The second-order valence-electron chi connectivity index (χ2n) is 8.16. The SMILES string of the molecule is CC(C)Oc1ccc(-c2noc(-c3ccc(CN4CC(C(=O)O)C4C)cc3Cl)n2)cc1Cl. The average molecular weight is 476 g/mol.